The summed E-state index contributed by atoms with van der Waals surface area (Å²) in [6, 6.07) is 34.9. The minimum Gasteiger partial charge on any atom is -0.489 e. The molecule has 42 heavy (non-hydrogen) atoms. The number of sulfonamides is 1. The van der Waals surface area contributed by atoms with Crippen molar-refractivity contribution < 1.29 is 17.9 Å². The van der Waals surface area contributed by atoms with Crippen molar-refractivity contribution in [3.8, 4) is 5.75 Å². The van der Waals surface area contributed by atoms with E-state index in [0.29, 0.717) is 22.5 Å². The smallest absolute Gasteiger partial charge is 0.264 e. The Bertz CT molecular complexity index is 1840. The number of carbonyl (C=O) groups is 1. The third kappa shape index (κ3) is 7.05. The number of benzene rings is 5. The van der Waals surface area contributed by atoms with E-state index in [-0.39, 0.29) is 4.90 Å². The lowest BCUT2D eigenvalue weighted by Crippen LogP contribution is -2.39. The zero-order valence-corrected chi connectivity index (χ0v) is 25.2. The third-order valence-corrected chi connectivity index (χ3v) is 8.83. The first-order chi connectivity index (χ1) is 20.3. The van der Waals surface area contributed by atoms with Gasteiger partial charge in [0.1, 0.15) is 18.9 Å². The van der Waals surface area contributed by atoms with Gasteiger partial charge in [-0.05, 0) is 83.4 Å². The molecule has 0 aliphatic rings. The van der Waals surface area contributed by atoms with Crippen molar-refractivity contribution in [3.05, 3.63) is 136 Å². The van der Waals surface area contributed by atoms with Gasteiger partial charge in [0.05, 0.1) is 16.8 Å². The second-order valence-corrected chi connectivity index (χ2v) is 12.4. The van der Waals surface area contributed by atoms with Crippen molar-refractivity contribution in [2.24, 2.45) is 5.10 Å². The number of carbonyl (C=O) groups excluding carboxylic acids is 1. The number of hydrogen-bond donors (Lipinski definition) is 1. The van der Waals surface area contributed by atoms with E-state index in [1.54, 1.807) is 36.4 Å². The Kier molecular flexibility index (Phi) is 9.00. The molecule has 0 atom stereocenters. The Hall–Kier alpha value is -4.47. The number of hydrazone groups is 1. The molecule has 0 saturated heterocycles. The first kappa shape index (κ1) is 29.0. The van der Waals surface area contributed by atoms with Gasteiger partial charge in [0.25, 0.3) is 15.9 Å². The monoisotopic (exact) mass is 641 g/mol. The number of nitrogens with one attached hydrogen (secondary N) is 1. The molecule has 0 aliphatic carbocycles. The van der Waals surface area contributed by atoms with Crippen LogP contribution < -0.4 is 14.5 Å². The molecule has 1 N–H and O–H groups in total. The van der Waals surface area contributed by atoms with Crippen molar-refractivity contribution >= 4 is 54.5 Å². The molecule has 0 fully saturated rings. The van der Waals surface area contributed by atoms with E-state index in [0.717, 1.165) is 26.4 Å². The molecule has 0 spiro atoms. The van der Waals surface area contributed by atoms with Gasteiger partial charge in [-0.1, -0.05) is 82.2 Å². The summed E-state index contributed by atoms with van der Waals surface area (Å²) >= 11 is 3.38. The van der Waals surface area contributed by atoms with E-state index >= 15 is 0 Å². The van der Waals surface area contributed by atoms with Crippen LogP contribution in [0.15, 0.2) is 130 Å². The van der Waals surface area contributed by atoms with Crippen LogP contribution in [-0.2, 0) is 21.4 Å². The SMILES string of the molecule is Cc1ccc(S(=O)(=O)N(CC(=O)N/N=C\c2ccc(OCc3cccc4ccccc34)cc2)c2cccc(Br)c2)cc1. The molecule has 0 unspecified atom stereocenters. The van der Waals surface area contributed by atoms with E-state index in [1.807, 2.05) is 49.4 Å². The zero-order chi connectivity index (χ0) is 29.5. The maximum Gasteiger partial charge on any atom is 0.264 e. The summed E-state index contributed by atoms with van der Waals surface area (Å²) in [4.78, 5) is 12.9. The van der Waals surface area contributed by atoms with E-state index in [1.165, 1.54) is 23.7 Å². The zero-order valence-electron chi connectivity index (χ0n) is 22.8. The molecular weight excluding hydrogens is 614 g/mol. The summed E-state index contributed by atoms with van der Waals surface area (Å²) in [7, 11) is -4.02. The van der Waals surface area contributed by atoms with Gasteiger partial charge in [-0.2, -0.15) is 5.10 Å². The molecular formula is C33H28BrN3O4S. The fourth-order valence-electron chi connectivity index (χ4n) is 4.36. The molecule has 9 heteroatoms. The lowest BCUT2D eigenvalue weighted by Gasteiger charge is -2.24. The molecule has 0 aromatic heterocycles. The van der Waals surface area contributed by atoms with Crippen LogP contribution in [-0.4, -0.2) is 27.1 Å². The molecule has 5 aromatic carbocycles. The quantitative estimate of drug-likeness (QED) is 0.134. The Morgan fingerprint density at radius 2 is 1.62 bits per heavy atom. The largest absolute Gasteiger partial charge is 0.489 e. The number of halogens is 1. The van der Waals surface area contributed by atoms with E-state index in [4.69, 9.17) is 4.74 Å². The van der Waals surface area contributed by atoms with Crippen LogP contribution >= 0.6 is 15.9 Å². The lowest BCUT2D eigenvalue weighted by atomic mass is 10.1. The summed E-state index contributed by atoms with van der Waals surface area (Å²) in [5, 5.41) is 6.36. The molecule has 0 saturated carbocycles. The molecule has 212 valence electrons. The van der Waals surface area contributed by atoms with E-state index in [2.05, 4.69) is 50.7 Å². The number of rotatable bonds is 10. The summed E-state index contributed by atoms with van der Waals surface area (Å²) < 4.78 is 34.8. The average Bonchev–Trinajstić information content (AvgIpc) is 2.99. The lowest BCUT2D eigenvalue weighted by molar-refractivity contribution is -0.119. The molecule has 0 radical (unpaired) electrons. The van der Waals surface area contributed by atoms with E-state index in [9.17, 15) is 13.2 Å². The van der Waals surface area contributed by atoms with Crippen LogP contribution in [0.4, 0.5) is 5.69 Å². The van der Waals surface area contributed by atoms with Gasteiger partial charge in [0.2, 0.25) is 0 Å². The van der Waals surface area contributed by atoms with Crippen LogP contribution in [0.25, 0.3) is 10.8 Å². The second-order valence-electron chi connectivity index (χ2n) is 9.59. The van der Waals surface area contributed by atoms with Gasteiger partial charge in [-0.25, -0.2) is 13.8 Å². The minimum absolute atomic E-state index is 0.0899. The maximum absolute atomic E-state index is 13.5. The third-order valence-electron chi connectivity index (χ3n) is 6.55. The Morgan fingerprint density at radius 3 is 2.38 bits per heavy atom. The van der Waals surface area contributed by atoms with Gasteiger partial charge in [-0.15, -0.1) is 0 Å². The van der Waals surface area contributed by atoms with Gasteiger partial charge >= 0.3 is 0 Å². The van der Waals surface area contributed by atoms with Gasteiger partial charge in [0, 0.05) is 4.47 Å². The number of fused-ring (bicyclic) bond motifs is 1. The molecule has 0 heterocycles. The molecule has 1 amide bonds. The second kappa shape index (κ2) is 13.0. The number of anilines is 1. The van der Waals surface area contributed by atoms with Crippen molar-refractivity contribution in [3.63, 3.8) is 0 Å². The van der Waals surface area contributed by atoms with Gasteiger partial charge in [-0.3, -0.25) is 9.10 Å². The predicted molar refractivity (Wildman–Crippen MR) is 170 cm³/mol. The van der Waals surface area contributed by atoms with Crippen LogP contribution in [0.2, 0.25) is 0 Å². The first-order valence-electron chi connectivity index (χ1n) is 13.2. The molecule has 7 nitrogen and oxygen atoms in total. The fraction of sp³-hybridized carbons (Fsp3) is 0.0909. The summed E-state index contributed by atoms with van der Waals surface area (Å²) in [6.07, 6.45) is 1.49. The van der Waals surface area contributed by atoms with Crippen LogP contribution in [0, 0.1) is 6.92 Å². The number of hydrogen-bond acceptors (Lipinski definition) is 5. The van der Waals surface area contributed by atoms with Crippen LogP contribution in [0.3, 0.4) is 0 Å². The molecule has 0 aliphatic heterocycles. The Morgan fingerprint density at radius 1 is 0.905 bits per heavy atom. The van der Waals surface area contributed by atoms with Gasteiger partial charge in [0.15, 0.2) is 0 Å². The molecule has 5 aromatic rings. The number of ether oxygens (including phenoxy) is 1. The topological polar surface area (TPSA) is 88.1 Å². The molecule has 0 bridgehead atoms. The van der Waals surface area contributed by atoms with Crippen molar-refractivity contribution in [2.45, 2.75) is 18.4 Å². The van der Waals surface area contributed by atoms with E-state index < -0.39 is 22.5 Å². The summed E-state index contributed by atoms with van der Waals surface area (Å²) in [5.41, 5.74) is 5.56. The summed E-state index contributed by atoms with van der Waals surface area (Å²) in [5.74, 6) is 0.118. The highest BCUT2D eigenvalue weighted by atomic mass is 79.9. The highest BCUT2D eigenvalue weighted by molar-refractivity contribution is 9.10. The number of amides is 1. The Balaban J connectivity index is 1.22. The predicted octanol–water partition coefficient (Wildman–Crippen LogP) is 6.84. The highest BCUT2D eigenvalue weighted by Gasteiger charge is 2.27. The number of nitrogens with zero attached hydrogens (tertiary/aromatic N) is 2. The maximum atomic E-state index is 13.5. The molecule has 5 rings (SSSR count). The normalized spacial score (nSPS) is 11.5. The highest BCUT2D eigenvalue weighted by Crippen LogP contribution is 2.26. The number of aryl methyl sites for hydroxylation is 1. The van der Waals surface area contributed by atoms with Gasteiger partial charge < -0.3 is 4.74 Å². The van der Waals surface area contributed by atoms with Crippen LogP contribution in [0.1, 0.15) is 16.7 Å². The first-order valence-corrected chi connectivity index (χ1v) is 15.4. The standard InChI is InChI=1S/C33H28BrN3O4S/c1-24-12-18-31(19-13-24)42(39,40)37(29-10-5-9-28(34)20-29)22-33(38)36-35-21-25-14-16-30(17-15-25)41-23-27-8-4-7-26-6-2-3-11-32(26)27/h2-21H,22-23H2,1H3,(H,36,38)/b35-21-. The van der Waals surface area contributed by atoms with Crippen molar-refractivity contribution in [1.29, 1.82) is 0 Å². The van der Waals surface area contributed by atoms with Crippen LogP contribution in [0.5, 0.6) is 5.75 Å². The van der Waals surface area contributed by atoms with Crippen molar-refractivity contribution in [2.75, 3.05) is 10.8 Å². The fourth-order valence-corrected chi connectivity index (χ4v) is 6.16. The summed E-state index contributed by atoms with van der Waals surface area (Å²) in [6.45, 7) is 1.86. The Labute approximate surface area is 253 Å². The minimum atomic E-state index is -4.02. The van der Waals surface area contributed by atoms with Crippen molar-refractivity contribution in [1.82, 2.24) is 5.43 Å². The average molecular weight is 643 g/mol.